The molecule has 144 valence electrons. The molecule has 0 saturated carbocycles. The lowest BCUT2D eigenvalue weighted by atomic mass is 9.95. The number of hydrogen-bond donors (Lipinski definition) is 1. The van der Waals surface area contributed by atoms with Gasteiger partial charge < -0.3 is 14.8 Å². The summed E-state index contributed by atoms with van der Waals surface area (Å²) in [6.45, 7) is 5.42. The Morgan fingerprint density at radius 2 is 1.81 bits per heavy atom. The lowest BCUT2D eigenvalue weighted by Crippen LogP contribution is -2.33. The summed E-state index contributed by atoms with van der Waals surface area (Å²) in [5, 5.41) is 3.11. The molecule has 0 aromatic heterocycles. The van der Waals surface area contributed by atoms with Gasteiger partial charge in [-0.15, -0.1) is 11.8 Å². The summed E-state index contributed by atoms with van der Waals surface area (Å²) in [5.74, 6) is 1.63. The number of halogens is 1. The van der Waals surface area contributed by atoms with Crippen molar-refractivity contribution >= 4 is 17.7 Å². The number of hydrogen-bond acceptors (Lipinski definition) is 4. The van der Waals surface area contributed by atoms with E-state index in [0.29, 0.717) is 13.2 Å². The van der Waals surface area contributed by atoms with Crippen molar-refractivity contribution in [2.75, 3.05) is 19.0 Å². The lowest BCUT2D eigenvalue weighted by molar-refractivity contribution is -0.119. The predicted octanol–water partition coefficient (Wildman–Crippen LogP) is 4.59. The maximum absolute atomic E-state index is 13.0. The third kappa shape index (κ3) is 5.39. The molecule has 1 unspecified atom stereocenters. The molecule has 27 heavy (non-hydrogen) atoms. The number of carbonyl (C=O) groups is 1. The molecule has 1 aliphatic rings. The van der Waals surface area contributed by atoms with Gasteiger partial charge in [0.15, 0.2) is 11.5 Å². The van der Waals surface area contributed by atoms with Crippen LogP contribution in [-0.4, -0.2) is 24.9 Å². The minimum Gasteiger partial charge on any atom is -0.490 e. The number of nitrogens with one attached hydrogen (secondary N) is 1. The second kappa shape index (κ2) is 9.13. The van der Waals surface area contributed by atoms with Crippen LogP contribution in [0.4, 0.5) is 4.39 Å². The van der Waals surface area contributed by atoms with E-state index in [0.717, 1.165) is 28.4 Å². The molecule has 1 N–H and O–H groups in total. The Bertz CT molecular complexity index is 779. The summed E-state index contributed by atoms with van der Waals surface area (Å²) in [7, 11) is 0. The van der Waals surface area contributed by atoms with Crippen molar-refractivity contribution in [3.8, 4) is 11.5 Å². The Morgan fingerprint density at radius 1 is 1.11 bits per heavy atom. The zero-order valence-corrected chi connectivity index (χ0v) is 16.4. The van der Waals surface area contributed by atoms with E-state index in [1.165, 1.54) is 23.9 Å². The van der Waals surface area contributed by atoms with Crippen LogP contribution in [0.1, 0.15) is 31.9 Å². The van der Waals surface area contributed by atoms with E-state index in [4.69, 9.17) is 9.47 Å². The fourth-order valence-corrected chi connectivity index (χ4v) is 3.61. The van der Waals surface area contributed by atoms with Gasteiger partial charge in [-0.3, -0.25) is 4.79 Å². The first-order valence-electron chi connectivity index (χ1n) is 9.10. The molecule has 1 amide bonds. The molecule has 0 fully saturated rings. The highest BCUT2D eigenvalue weighted by atomic mass is 32.2. The topological polar surface area (TPSA) is 47.6 Å². The zero-order chi connectivity index (χ0) is 19.2. The highest BCUT2D eigenvalue weighted by Gasteiger charge is 2.21. The summed E-state index contributed by atoms with van der Waals surface area (Å²) in [4.78, 5) is 13.3. The minimum atomic E-state index is -0.280. The number of thioether (sulfide) groups is 1. The average molecular weight is 389 g/mol. The van der Waals surface area contributed by atoms with Gasteiger partial charge in [-0.2, -0.15) is 0 Å². The molecule has 6 heteroatoms. The van der Waals surface area contributed by atoms with Crippen molar-refractivity contribution in [1.82, 2.24) is 5.32 Å². The first-order valence-corrected chi connectivity index (χ1v) is 10.1. The van der Waals surface area contributed by atoms with Gasteiger partial charge in [-0.05, 0) is 47.9 Å². The van der Waals surface area contributed by atoms with E-state index in [-0.39, 0.29) is 29.4 Å². The molecule has 2 aromatic carbocycles. The second-order valence-electron chi connectivity index (χ2n) is 6.79. The van der Waals surface area contributed by atoms with Crippen LogP contribution in [0.3, 0.4) is 0 Å². The number of carbonyl (C=O) groups excluding carboxylic acids is 1. The van der Waals surface area contributed by atoms with Crippen LogP contribution >= 0.6 is 11.8 Å². The standard InChI is InChI=1S/C21H24FNO3S/c1-14(2)21(15-4-9-18-19(12-15)26-11-3-10-25-18)23-20(24)13-27-17-7-5-16(22)6-8-17/h4-9,12,14,21H,3,10-11,13H2,1-2H3,(H,23,24). The van der Waals surface area contributed by atoms with Crippen LogP contribution in [0.5, 0.6) is 11.5 Å². The molecule has 4 nitrogen and oxygen atoms in total. The molecule has 1 heterocycles. The second-order valence-corrected chi connectivity index (χ2v) is 7.84. The number of rotatable bonds is 6. The fourth-order valence-electron chi connectivity index (χ4n) is 2.90. The van der Waals surface area contributed by atoms with Crippen molar-refractivity contribution < 1.29 is 18.7 Å². The Labute approximate surface area is 163 Å². The molecule has 0 radical (unpaired) electrons. The highest BCUT2D eigenvalue weighted by molar-refractivity contribution is 8.00. The Hall–Kier alpha value is -2.21. The third-order valence-electron chi connectivity index (χ3n) is 4.30. The molecule has 3 rings (SSSR count). The van der Waals surface area contributed by atoms with Crippen molar-refractivity contribution in [1.29, 1.82) is 0 Å². The Morgan fingerprint density at radius 3 is 2.52 bits per heavy atom. The van der Waals surface area contributed by atoms with Crippen molar-refractivity contribution in [2.45, 2.75) is 31.2 Å². The van der Waals surface area contributed by atoms with E-state index in [2.05, 4.69) is 19.2 Å². The van der Waals surface area contributed by atoms with Gasteiger partial charge in [-0.25, -0.2) is 4.39 Å². The van der Waals surface area contributed by atoms with Crippen LogP contribution < -0.4 is 14.8 Å². The molecule has 0 spiro atoms. The Balaban J connectivity index is 1.65. The SMILES string of the molecule is CC(C)C(NC(=O)CSc1ccc(F)cc1)c1ccc2c(c1)OCCCO2. The summed E-state index contributed by atoms with van der Waals surface area (Å²) in [6, 6.07) is 11.9. The van der Waals surface area contributed by atoms with Crippen LogP contribution in [0.15, 0.2) is 47.4 Å². The van der Waals surface area contributed by atoms with E-state index >= 15 is 0 Å². The highest BCUT2D eigenvalue weighted by Crippen LogP contribution is 2.34. The molecule has 0 aliphatic carbocycles. The molecular formula is C21H24FNO3S. The van der Waals surface area contributed by atoms with Crippen LogP contribution in [-0.2, 0) is 4.79 Å². The third-order valence-corrected chi connectivity index (χ3v) is 5.31. The summed E-state index contributed by atoms with van der Waals surface area (Å²) < 4.78 is 24.4. The summed E-state index contributed by atoms with van der Waals surface area (Å²) in [5.41, 5.74) is 0.995. The van der Waals surface area contributed by atoms with Crippen molar-refractivity contribution in [3.63, 3.8) is 0 Å². The minimum absolute atomic E-state index is 0.0601. The maximum Gasteiger partial charge on any atom is 0.230 e. The normalized spacial score (nSPS) is 14.5. The largest absolute Gasteiger partial charge is 0.490 e. The number of benzene rings is 2. The molecule has 2 aromatic rings. The van der Waals surface area contributed by atoms with Gasteiger partial charge in [0.05, 0.1) is 25.0 Å². The smallest absolute Gasteiger partial charge is 0.230 e. The predicted molar refractivity (Wildman–Crippen MR) is 105 cm³/mol. The van der Waals surface area contributed by atoms with Crippen LogP contribution in [0, 0.1) is 11.7 Å². The fraction of sp³-hybridized carbons (Fsp3) is 0.381. The van der Waals surface area contributed by atoms with Gasteiger partial charge >= 0.3 is 0 Å². The average Bonchev–Trinajstić information content (AvgIpc) is 2.90. The molecular weight excluding hydrogens is 365 g/mol. The van der Waals surface area contributed by atoms with Gasteiger partial charge in [-0.1, -0.05) is 19.9 Å². The first-order chi connectivity index (χ1) is 13.0. The van der Waals surface area contributed by atoms with Crippen LogP contribution in [0.2, 0.25) is 0 Å². The molecule has 1 aliphatic heterocycles. The van der Waals surface area contributed by atoms with Gasteiger partial charge in [0.1, 0.15) is 5.82 Å². The van der Waals surface area contributed by atoms with Crippen molar-refractivity contribution in [3.05, 3.63) is 53.8 Å². The molecule has 1 atom stereocenters. The number of amides is 1. The van der Waals surface area contributed by atoms with E-state index < -0.39 is 0 Å². The lowest BCUT2D eigenvalue weighted by Gasteiger charge is -2.24. The van der Waals surface area contributed by atoms with E-state index in [9.17, 15) is 9.18 Å². The van der Waals surface area contributed by atoms with Crippen molar-refractivity contribution in [2.24, 2.45) is 5.92 Å². The van der Waals surface area contributed by atoms with E-state index in [1.54, 1.807) is 12.1 Å². The quantitative estimate of drug-likeness (QED) is 0.734. The number of fused-ring (bicyclic) bond motifs is 1. The number of ether oxygens (including phenoxy) is 2. The molecule has 0 bridgehead atoms. The summed E-state index contributed by atoms with van der Waals surface area (Å²) in [6.07, 6.45) is 0.856. The molecule has 0 saturated heterocycles. The monoisotopic (exact) mass is 389 g/mol. The van der Waals surface area contributed by atoms with Gasteiger partial charge in [0.25, 0.3) is 0 Å². The zero-order valence-electron chi connectivity index (χ0n) is 15.5. The maximum atomic E-state index is 13.0. The summed E-state index contributed by atoms with van der Waals surface area (Å²) >= 11 is 1.39. The van der Waals surface area contributed by atoms with Crippen LogP contribution in [0.25, 0.3) is 0 Å². The van der Waals surface area contributed by atoms with E-state index in [1.807, 2.05) is 18.2 Å². The first kappa shape index (κ1) is 19.5. The Kier molecular flexibility index (Phi) is 6.61. The van der Waals surface area contributed by atoms with Gasteiger partial charge in [0.2, 0.25) is 5.91 Å². The van der Waals surface area contributed by atoms with Gasteiger partial charge in [0, 0.05) is 11.3 Å².